The molecule has 3 amide bonds. The van der Waals surface area contributed by atoms with Crippen LogP contribution in [0.5, 0.6) is 5.75 Å². The Morgan fingerprint density at radius 1 is 1.21 bits per heavy atom. The van der Waals surface area contributed by atoms with E-state index in [1.165, 1.54) is 4.90 Å². The smallest absolute Gasteiger partial charge is 0.410 e. The number of ether oxygens (including phenoxy) is 3. The Labute approximate surface area is 198 Å². The van der Waals surface area contributed by atoms with Gasteiger partial charge >= 0.3 is 18.1 Å². The number of benzene rings is 1. The standard InChI is InChI=1S/C24H32N4O6/c1-6-33-21(29)17-14-28(23(31)34-24(2,3)4)12-10-20(17)27-22(30)26-19-9-11-25-18-8-7-15(32-5)13-16(18)19/h7-9,11,13,17,20H,6,10,12,14H2,1-5H3,(H2,25,26,27,30)/t17-,20-/m1/s1. The van der Waals surface area contributed by atoms with Crippen LogP contribution < -0.4 is 15.4 Å². The number of nitrogens with one attached hydrogen (secondary N) is 2. The number of esters is 1. The van der Waals surface area contributed by atoms with Gasteiger partial charge in [0, 0.05) is 30.7 Å². The molecule has 0 bridgehead atoms. The number of fused-ring (bicyclic) bond motifs is 1. The van der Waals surface area contributed by atoms with Gasteiger partial charge in [0.1, 0.15) is 11.4 Å². The molecule has 2 N–H and O–H groups in total. The molecular weight excluding hydrogens is 440 g/mol. The minimum atomic E-state index is -0.721. The molecule has 1 aliphatic rings. The predicted molar refractivity (Wildman–Crippen MR) is 127 cm³/mol. The monoisotopic (exact) mass is 472 g/mol. The van der Waals surface area contributed by atoms with Crippen molar-refractivity contribution in [2.24, 2.45) is 5.92 Å². The van der Waals surface area contributed by atoms with E-state index in [9.17, 15) is 14.4 Å². The molecule has 2 heterocycles. The molecule has 10 heteroatoms. The third kappa shape index (κ3) is 6.27. The zero-order valence-corrected chi connectivity index (χ0v) is 20.2. The fraction of sp³-hybridized carbons (Fsp3) is 0.500. The van der Waals surface area contributed by atoms with E-state index in [1.807, 2.05) is 0 Å². The van der Waals surface area contributed by atoms with Gasteiger partial charge in [-0.05, 0) is 58.4 Å². The van der Waals surface area contributed by atoms with Crippen molar-refractivity contribution in [1.29, 1.82) is 0 Å². The van der Waals surface area contributed by atoms with Crippen LogP contribution in [0.4, 0.5) is 15.3 Å². The molecule has 1 aromatic heterocycles. The molecule has 0 spiro atoms. The maximum absolute atomic E-state index is 12.9. The molecule has 34 heavy (non-hydrogen) atoms. The fourth-order valence-electron chi connectivity index (χ4n) is 3.79. The third-order valence-electron chi connectivity index (χ3n) is 5.37. The van der Waals surface area contributed by atoms with Crippen molar-refractivity contribution in [1.82, 2.24) is 15.2 Å². The van der Waals surface area contributed by atoms with E-state index < -0.39 is 35.7 Å². The minimum absolute atomic E-state index is 0.0913. The quantitative estimate of drug-likeness (QED) is 0.639. The van der Waals surface area contributed by atoms with Gasteiger partial charge in [0.15, 0.2) is 0 Å². The van der Waals surface area contributed by atoms with E-state index >= 15 is 0 Å². The zero-order valence-electron chi connectivity index (χ0n) is 20.2. The Kier molecular flexibility index (Phi) is 7.80. The summed E-state index contributed by atoms with van der Waals surface area (Å²) in [5, 5.41) is 6.43. The lowest BCUT2D eigenvalue weighted by molar-refractivity contribution is -0.150. The molecule has 2 aromatic rings. The molecule has 0 radical (unpaired) electrons. The van der Waals surface area contributed by atoms with Crippen LogP contribution in [0.1, 0.15) is 34.1 Å². The summed E-state index contributed by atoms with van der Waals surface area (Å²) in [6.45, 7) is 7.69. The van der Waals surface area contributed by atoms with Gasteiger partial charge in [0.25, 0.3) is 0 Å². The van der Waals surface area contributed by atoms with Gasteiger partial charge in [0.05, 0.1) is 30.8 Å². The highest BCUT2D eigenvalue weighted by Crippen LogP contribution is 2.26. The van der Waals surface area contributed by atoms with E-state index in [-0.39, 0.29) is 13.2 Å². The third-order valence-corrected chi connectivity index (χ3v) is 5.37. The summed E-state index contributed by atoms with van der Waals surface area (Å²) in [6.07, 6.45) is 1.48. The molecule has 0 unspecified atom stereocenters. The van der Waals surface area contributed by atoms with Crippen LogP contribution in [0.15, 0.2) is 30.5 Å². The van der Waals surface area contributed by atoms with Crippen LogP contribution in [0.3, 0.4) is 0 Å². The zero-order chi connectivity index (χ0) is 24.9. The Bertz CT molecular complexity index is 1050. The normalized spacial score (nSPS) is 18.2. The lowest BCUT2D eigenvalue weighted by atomic mass is 9.92. The van der Waals surface area contributed by atoms with Crippen LogP contribution in [-0.4, -0.2) is 66.4 Å². The summed E-state index contributed by atoms with van der Waals surface area (Å²) in [7, 11) is 1.57. The number of carbonyl (C=O) groups is 3. The first kappa shape index (κ1) is 25.1. The summed E-state index contributed by atoms with van der Waals surface area (Å²) in [4.78, 5) is 43.8. The van der Waals surface area contributed by atoms with Gasteiger partial charge < -0.3 is 29.7 Å². The average molecular weight is 473 g/mol. The molecule has 0 saturated carbocycles. The van der Waals surface area contributed by atoms with Crippen LogP contribution in [0.2, 0.25) is 0 Å². The number of piperidine rings is 1. The fourth-order valence-corrected chi connectivity index (χ4v) is 3.79. The number of hydrogen-bond donors (Lipinski definition) is 2. The van der Waals surface area contributed by atoms with E-state index in [0.29, 0.717) is 29.9 Å². The van der Waals surface area contributed by atoms with Gasteiger partial charge in [-0.25, -0.2) is 9.59 Å². The number of likely N-dealkylation sites (tertiary alicyclic amines) is 1. The first-order chi connectivity index (χ1) is 16.1. The highest BCUT2D eigenvalue weighted by Gasteiger charge is 2.39. The number of aromatic nitrogens is 1. The Morgan fingerprint density at radius 2 is 1.97 bits per heavy atom. The van der Waals surface area contributed by atoms with Crippen LogP contribution in [0, 0.1) is 5.92 Å². The summed E-state index contributed by atoms with van der Waals surface area (Å²) >= 11 is 0. The number of rotatable bonds is 5. The predicted octanol–water partition coefficient (Wildman–Crippen LogP) is 3.55. The Balaban J connectivity index is 1.73. The van der Waals surface area contributed by atoms with E-state index in [2.05, 4.69) is 15.6 Å². The molecule has 1 saturated heterocycles. The SMILES string of the molecule is CCOC(=O)[C@@H]1CN(C(=O)OC(C)(C)C)CC[C@H]1NC(=O)Nc1ccnc2ccc(OC)cc12. The number of carbonyl (C=O) groups excluding carboxylic acids is 3. The molecule has 10 nitrogen and oxygen atoms in total. The molecule has 2 atom stereocenters. The average Bonchev–Trinajstić information content (AvgIpc) is 2.78. The molecule has 184 valence electrons. The van der Waals surface area contributed by atoms with Crippen LogP contribution in [-0.2, 0) is 14.3 Å². The molecule has 0 aliphatic carbocycles. The number of nitrogens with zero attached hydrogens (tertiary/aromatic N) is 2. The van der Waals surface area contributed by atoms with Gasteiger partial charge in [0.2, 0.25) is 0 Å². The summed E-state index contributed by atoms with van der Waals surface area (Å²) in [5.74, 6) is -0.553. The molecule has 3 rings (SSSR count). The van der Waals surface area contributed by atoms with Crippen molar-refractivity contribution in [2.75, 3.05) is 32.1 Å². The van der Waals surface area contributed by atoms with Crippen molar-refractivity contribution in [3.63, 3.8) is 0 Å². The van der Waals surface area contributed by atoms with Gasteiger partial charge in [-0.3, -0.25) is 9.78 Å². The Hall–Kier alpha value is -3.56. The second-order valence-electron chi connectivity index (χ2n) is 9.02. The van der Waals surface area contributed by atoms with Crippen molar-refractivity contribution < 1.29 is 28.6 Å². The lowest BCUT2D eigenvalue weighted by Crippen LogP contribution is -2.56. The second-order valence-corrected chi connectivity index (χ2v) is 9.02. The van der Waals surface area contributed by atoms with Crippen molar-refractivity contribution in [2.45, 2.75) is 45.8 Å². The summed E-state index contributed by atoms with van der Waals surface area (Å²) in [5.41, 5.74) is 0.607. The first-order valence-corrected chi connectivity index (χ1v) is 11.3. The number of urea groups is 1. The number of methoxy groups -OCH3 is 1. The molecule has 1 aliphatic heterocycles. The topological polar surface area (TPSA) is 119 Å². The van der Waals surface area contributed by atoms with Crippen molar-refractivity contribution in [3.8, 4) is 5.75 Å². The highest BCUT2D eigenvalue weighted by molar-refractivity contribution is 6.00. The maximum Gasteiger partial charge on any atom is 0.410 e. The van der Waals surface area contributed by atoms with E-state index in [1.54, 1.807) is 65.3 Å². The maximum atomic E-state index is 12.9. The number of amides is 3. The Morgan fingerprint density at radius 3 is 2.65 bits per heavy atom. The van der Waals surface area contributed by atoms with Crippen molar-refractivity contribution in [3.05, 3.63) is 30.5 Å². The van der Waals surface area contributed by atoms with Crippen molar-refractivity contribution >= 4 is 34.7 Å². The van der Waals surface area contributed by atoms with Gasteiger partial charge in [-0.2, -0.15) is 0 Å². The summed E-state index contributed by atoms with van der Waals surface area (Å²) < 4.78 is 15.9. The van der Waals surface area contributed by atoms with E-state index in [0.717, 1.165) is 5.39 Å². The first-order valence-electron chi connectivity index (χ1n) is 11.3. The number of hydrogen-bond acceptors (Lipinski definition) is 7. The largest absolute Gasteiger partial charge is 0.497 e. The van der Waals surface area contributed by atoms with E-state index in [4.69, 9.17) is 14.2 Å². The van der Waals surface area contributed by atoms with Crippen LogP contribution in [0.25, 0.3) is 10.9 Å². The lowest BCUT2D eigenvalue weighted by Gasteiger charge is -2.38. The second kappa shape index (κ2) is 10.6. The summed E-state index contributed by atoms with van der Waals surface area (Å²) in [6, 6.07) is 6.09. The highest BCUT2D eigenvalue weighted by atomic mass is 16.6. The molecular formula is C24H32N4O6. The number of pyridine rings is 1. The molecule has 1 aromatic carbocycles. The van der Waals surface area contributed by atoms with Gasteiger partial charge in [-0.15, -0.1) is 0 Å². The van der Waals surface area contributed by atoms with Crippen LogP contribution >= 0.6 is 0 Å². The minimum Gasteiger partial charge on any atom is -0.497 e. The van der Waals surface area contributed by atoms with Gasteiger partial charge in [-0.1, -0.05) is 0 Å². The number of anilines is 1. The molecule has 1 fully saturated rings.